The van der Waals surface area contributed by atoms with Crippen LogP contribution in [-0.4, -0.2) is 14.5 Å². The molecule has 0 radical (unpaired) electrons. The number of nitrogens with zero attached hydrogens (tertiary/aromatic N) is 3. The highest BCUT2D eigenvalue weighted by molar-refractivity contribution is 6.10. The van der Waals surface area contributed by atoms with Crippen LogP contribution in [0.3, 0.4) is 0 Å². The van der Waals surface area contributed by atoms with Gasteiger partial charge in [-0.25, -0.2) is 9.97 Å². The standard InChI is InChI=1S/C38H25N3/c1-3-11-26(12-4-1)27-19-21-28(22-20-27)30-23-24-36-33(25-30)31-15-8-10-18-35(31)41(36)38-39-34-17-9-7-16-32(34)37(40-38)29-13-5-2-6-14-29/h1-25H. The van der Waals surface area contributed by atoms with Crippen molar-refractivity contribution in [2.24, 2.45) is 0 Å². The van der Waals surface area contributed by atoms with Crippen LogP contribution < -0.4 is 0 Å². The number of rotatable bonds is 4. The zero-order valence-electron chi connectivity index (χ0n) is 22.3. The minimum Gasteiger partial charge on any atom is -0.278 e. The van der Waals surface area contributed by atoms with Crippen LogP contribution >= 0.6 is 0 Å². The third-order valence-electron chi connectivity index (χ3n) is 7.84. The molecule has 0 saturated heterocycles. The monoisotopic (exact) mass is 523 g/mol. The van der Waals surface area contributed by atoms with Crippen molar-refractivity contribution in [3.05, 3.63) is 152 Å². The fraction of sp³-hybridized carbons (Fsp3) is 0. The topological polar surface area (TPSA) is 30.7 Å². The van der Waals surface area contributed by atoms with Crippen molar-refractivity contribution in [1.82, 2.24) is 14.5 Å². The van der Waals surface area contributed by atoms with Gasteiger partial charge in [-0.1, -0.05) is 127 Å². The van der Waals surface area contributed by atoms with Gasteiger partial charge in [0.25, 0.3) is 0 Å². The Balaban J connectivity index is 1.31. The van der Waals surface area contributed by atoms with E-state index in [9.17, 15) is 0 Å². The molecule has 3 nitrogen and oxygen atoms in total. The maximum absolute atomic E-state index is 5.18. The van der Waals surface area contributed by atoms with Crippen LogP contribution in [0.5, 0.6) is 0 Å². The van der Waals surface area contributed by atoms with E-state index in [1.54, 1.807) is 0 Å². The summed E-state index contributed by atoms with van der Waals surface area (Å²) in [5, 5.41) is 3.41. The molecule has 0 aliphatic carbocycles. The molecule has 0 bridgehead atoms. The van der Waals surface area contributed by atoms with E-state index in [1.807, 2.05) is 18.2 Å². The van der Waals surface area contributed by atoms with Gasteiger partial charge in [-0.2, -0.15) is 0 Å². The Labute approximate surface area is 238 Å². The van der Waals surface area contributed by atoms with Crippen molar-refractivity contribution in [2.75, 3.05) is 0 Å². The van der Waals surface area contributed by atoms with Crippen molar-refractivity contribution < 1.29 is 0 Å². The average molecular weight is 524 g/mol. The predicted octanol–water partition coefficient (Wildman–Crippen LogP) is 9.73. The van der Waals surface area contributed by atoms with E-state index in [0.29, 0.717) is 5.95 Å². The molecule has 0 unspecified atom stereocenters. The summed E-state index contributed by atoms with van der Waals surface area (Å²) >= 11 is 0. The zero-order valence-corrected chi connectivity index (χ0v) is 22.3. The maximum Gasteiger partial charge on any atom is 0.235 e. The molecule has 6 aromatic carbocycles. The maximum atomic E-state index is 5.18. The minimum atomic E-state index is 0.675. The number of aromatic nitrogens is 3. The Morgan fingerprint density at radius 2 is 0.902 bits per heavy atom. The zero-order chi connectivity index (χ0) is 27.2. The molecule has 0 aliphatic heterocycles. The van der Waals surface area contributed by atoms with Gasteiger partial charge in [-0.3, -0.25) is 4.57 Å². The lowest BCUT2D eigenvalue weighted by molar-refractivity contribution is 1.01. The van der Waals surface area contributed by atoms with Gasteiger partial charge < -0.3 is 0 Å². The molecular weight excluding hydrogens is 498 g/mol. The lowest BCUT2D eigenvalue weighted by atomic mass is 9.99. The molecule has 2 aromatic heterocycles. The molecule has 8 rings (SSSR count). The Morgan fingerprint density at radius 3 is 1.66 bits per heavy atom. The van der Waals surface area contributed by atoms with Crippen molar-refractivity contribution in [3.63, 3.8) is 0 Å². The third kappa shape index (κ3) is 3.98. The first-order valence-electron chi connectivity index (χ1n) is 13.9. The molecule has 0 N–H and O–H groups in total. The summed E-state index contributed by atoms with van der Waals surface area (Å²) in [5.74, 6) is 0.675. The Morgan fingerprint density at radius 1 is 0.366 bits per heavy atom. The summed E-state index contributed by atoms with van der Waals surface area (Å²) in [6, 6.07) is 53.2. The van der Waals surface area contributed by atoms with Gasteiger partial charge in [0.05, 0.1) is 22.2 Å². The smallest absolute Gasteiger partial charge is 0.235 e. The van der Waals surface area contributed by atoms with Crippen LogP contribution in [0.15, 0.2) is 152 Å². The molecule has 0 atom stereocenters. The van der Waals surface area contributed by atoms with E-state index in [-0.39, 0.29) is 0 Å². The highest BCUT2D eigenvalue weighted by Crippen LogP contribution is 2.36. The molecule has 8 aromatic rings. The normalized spacial score (nSPS) is 11.4. The Hall–Kier alpha value is -5.54. The number of fused-ring (bicyclic) bond motifs is 4. The number of para-hydroxylation sites is 2. The summed E-state index contributed by atoms with van der Waals surface area (Å²) in [4.78, 5) is 10.3. The van der Waals surface area contributed by atoms with Crippen molar-refractivity contribution in [3.8, 4) is 39.5 Å². The fourth-order valence-electron chi connectivity index (χ4n) is 5.83. The highest BCUT2D eigenvalue weighted by atomic mass is 15.2. The first-order valence-corrected chi connectivity index (χ1v) is 13.9. The molecular formula is C38H25N3. The van der Waals surface area contributed by atoms with Crippen LogP contribution in [0, 0.1) is 0 Å². The van der Waals surface area contributed by atoms with Crippen LogP contribution in [0.25, 0.3) is 72.2 Å². The summed E-state index contributed by atoms with van der Waals surface area (Å²) in [5.41, 5.74) is 9.94. The minimum absolute atomic E-state index is 0.675. The third-order valence-corrected chi connectivity index (χ3v) is 7.84. The van der Waals surface area contributed by atoms with Gasteiger partial charge in [0.1, 0.15) is 0 Å². The van der Waals surface area contributed by atoms with Gasteiger partial charge in [-0.05, 0) is 46.5 Å². The van der Waals surface area contributed by atoms with E-state index in [0.717, 1.165) is 33.2 Å². The van der Waals surface area contributed by atoms with Crippen LogP contribution in [0.2, 0.25) is 0 Å². The van der Waals surface area contributed by atoms with E-state index >= 15 is 0 Å². The molecule has 0 aliphatic rings. The molecule has 0 amide bonds. The largest absolute Gasteiger partial charge is 0.278 e. The van der Waals surface area contributed by atoms with Crippen molar-refractivity contribution >= 4 is 32.7 Å². The Bertz CT molecular complexity index is 2180. The lowest BCUT2D eigenvalue weighted by Gasteiger charge is -2.12. The van der Waals surface area contributed by atoms with Crippen LogP contribution in [0.1, 0.15) is 0 Å². The second kappa shape index (κ2) is 9.58. The average Bonchev–Trinajstić information content (AvgIpc) is 3.39. The van der Waals surface area contributed by atoms with E-state index in [1.165, 1.54) is 33.0 Å². The SMILES string of the molecule is c1ccc(-c2ccc(-c3ccc4c(c3)c3ccccc3n4-c3nc(-c4ccccc4)c4ccccc4n3)cc2)cc1. The summed E-state index contributed by atoms with van der Waals surface area (Å²) in [7, 11) is 0. The van der Waals surface area contributed by atoms with Crippen LogP contribution in [-0.2, 0) is 0 Å². The molecule has 0 saturated carbocycles. The van der Waals surface area contributed by atoms with Gasteiger partial charge >= 0.3 is 0 Å². The molecule has 41 heavy (non-hydrogen) atoms. The van der Waals surface area contributed by atoms with Gasteiger partial charge in [0.15, 0.2) is 0 Å². The Kier molecular flexibility index (Phi) is 5.46. The first-order chi connectivity index (χ1) is 20.3. The van der Waals surface area contributed by atoms with E-state index in [4.69, 9.17) is 9.97 Å². The first kappa shape index (κ1) is 23.4. The van der Waals surface area contributed by atoms with Crippen molar-refractivity contribution in [2.45, 2.75) is 0 Å². The number of hydrogen-bond acceptors (Lipinski definition) is 2. The summed E-state index contributed by atoms with van der Waals surface area (Å²) < 4.78 is 2.20. The van der Waals surface area contributed by atoms with E-state index < -0.39 is 0 Å². The van der Waals surface area contributed by atoms with Crippen LogP contribution in [0.4, 0.5) is 0 Å². The second-order valence-corrected chi connectivity index (χ2v) is 10.3. The van der Waals surface area contributed by atoms with Gasteiger partial charge in [0, 0.05) is 21.7 Å². The number of benzene rings is 6. The van der Waals surface area contributed by atoms with Gasteiger partial charge in [-0.15, -0.1) is 0 Å². The summed E-state index contributed by atoms with van der Waals surface area (Å²) in [6.45, 7) is 0. The molecule has 0 spiro atoms. The number of hydrogen-bond donors (Lipinski definition) is 0. The quantitative estimate of drug-likeness (QED) is 0.230. The second-order valence-electron chi connectivity index (χ2n) is 10.3. The molecule has 192 valence electrons. The molecule has 3 heteroatoms. The van der Waals surface area contributed by atoms with Gasteiger partial charge in [0.2, 0.25) is 5.95 Å². The predicted molar refractivity (Wildman–Crippen MR) is 170 cm³/mol. The fourth-order valence-corrected chi connectivity index (χ4v) is 5.83. The molecule has 0 fully saturated rings. The van der Waals surface area contributed by atoms with Crippen molar-refractivity contribution in [1.29, 1.82) is 0 Å². The lowest BCUT2D eigenvalue weighted by Crippen LogP contribution is -2.03. The highest BCUT2D eigenvalue weighted by Gasteiger charge is 2.17. The summed E-state index contributed by atoms with van der Waals surface area (Å²) in [6.07, 6.45) is 0. The molecule has 2 heterocycles. The van der Waals surface area contributed by atoms with E-state index in [2.05, 4.69) is 138 Å².